The average molecular weight is 409 g/mol. The van der Waals surface area contributed by atoms with Crippen molar-refractivity contribution in [1.29, 1.82) is 0 Å². The van der Waals surface area contributed by atoms with Gasteiger partial charge in [-0.25, -0.2) is 18.7 Å². The summed E-state index contributed by atoms with van der Waals surface area (Å²) >= 11 is 0. The molecule has 0 spiro atoms. The number of fused-ring (bicyclic) bond motifs is 1. The van der Waals surface area contributed by atoms with Crippen LogP contribution in [0.4, 0.5) is 10.3 Å². The second-order valence-electron chi connectivity index (χ2n) is 7.88. The maximum Gasteiger partial charge on any atom is 0.337 e. The van der Waals surface area contributed by atoms with Crippen LogP contribution in [0.25, 0.3) is 16.6 Å². The number of ether oxygens (including phenoxy) is 1. The first-order valence-electron chi connectivity index (χ1n) is 10.1. The molecule has 0 N–H and O–H groups in total. The molecule has 0 saturated carbocycles. The fraction of sp³-hybridized carbons (Fsp3) is 0.348. The van der Waals surface area contributed by atoms with E-state index in [1.165, 1.54) is 17.7 Å². The minimum atomic E-state index is -0.489. The Morgan fingerprint density at radius 1 is 1.17 bits per heavy atom. The molecule has 4 rings (SSSR count). The molecule has 0 bridgehead atoms. The molecule has 0 amide bonds. The Bertz CT molecular complexity index is 1180. The van der Waals surface area contributed by atoms with Gasteiger partial charge in [-0.3, -0.25) is 4.79 Å². The zero-order chi connectivity index (χ0) is 21.4. The van der Waals surface area contributed by atoms with E-state index in [0.29, 0.717) is 39.6 Å². The SMILES string of the molecule is COC(=O)c1ccc2c(=O)n(-c3ccc(C)c(F)c3)c(N3CCC(C)CC3)nc2c1. The van der Waals surface area contributed by atoms with Crippen LogP contribution in [0, 0.1) is 18.7 Å². The number of esters is 1. The maximum absolute atomic E-state index is 14.3. The van der Waals surface area contributed by atoms with Crippen LogP contribution in [0.1, 0.15) is 35.7 Å². The molecular weight excluding hydrogens is 385 g/mol. The molecule has 1 aliphatic rings. The van der Waals surface area contributed by atoms with Gasteiger partial charge in [0.05, 0.1) is 29.3 Å². The highest BCUT2D eigenvalue weighted by atomic mass is 19.1. The van der Waals surface area contributed by atoms with Gasteiger partial charge in [0, 0.05) is 13.1 Å². The van der Waals surface area contributed by atoms with Gasteiger partial charge in [-0.1, -0.05) is 13.0 Å². The van der Waals surface area contributed by atoms with Crippen molar-refractivity contribution in [3.8, 4) is 5.69 Å². The Balaban J connectivity index is 1.96. The molecule has 30 heavy (non-hydrogen) atoms. The smallest absolute Gasteiger partial charge is 0.337 e. The monoisotopic (exact) mass is 409 g/mol. The number of anilines is 1. The lowest BCUT2D eigenvalue weighted by Crippen LogP contribution is -2.38. The minimum absolute atomic E-state index is 0.298. The van der Waals surface area contributed by atoms with E-state index in [4.69, 9.17) is 9.72 Å². The number of hydrogen-bond donors (Lipinski definition) is 0. The van der Waals surface area contributed by atoms with E-state index in [1.807, 2.05) is 0 Å². The van der Waals surface area contributed by atoms with Gasteiger partial charge in [0.2, 0.25) is 5.95 Å². The van der Waals surface area contributed by atoms with E-state index in [-0.39, 0.29) is 11.4 Å². The fourth-order valence-electron chi connectivity index (χ4n) is 3.79. The highest BCUT2D eigenvalue weighted by Gasteiger charge is 2.23. The molecular formula is C23H24FN3O3. The first kappa shape index (κ1) is 20.1. The van der Waals surface area contributed by atoms with Crippen molar-refractivity contribution in [1.82, 2.24) is 9.55 Å². The number of hydrogen-bond acceptors (Lipinski definition) is 5. The van der Waals surface area contributed by atoms with Crippen LogP contribution < -0.4 is 10.5 Å². The molecule has 156 valence electrons. The minimum Gasteiger partial charge on any atom is -0.465 e. The predicted octanol–water partition coefficient (Wildman–Crippen LogP) is 3.86. The summed E-state index contributed by atoms with van der Waals surface area (Å²) in [7, 11) is 1.31. The van der Waals surface area contributed by atoms with Crippen molar-refractivity contribution in [2.24, 2.45) is 5.92 Å². The van der Waals surface area contributed by atoms with Crippen LogP contribution in [0.3, 0.4) is 0 Å². The lowest BCUT2D eigenvalue weighted by atomic mass is 9.99. The van der Waals surface area contributed by atoms with Gasteiger partial charge in [0.15, 0.2) is 0 Å². The van der Waals surface area contributed by atoms with Gasteiger partial charge < -0.3 is 9.64 Å². The topological polar surface area (TPSA) is 64.4 Å². The summed E-state index contributed by atoms with van der Waals surface area (Å²) in [5.74, 6) is 0.199. The summed E-state index contributed by atoms with van der Waals surface area (Å²) in [6.45, 7) is 5.40. The van der Waals surface area contributed by atoms with Gasteiger partial charge in [-0.05, 0) is 61.6 Å². The Labute approximate surface area is 173 Å². The molecule has 0 unspecified atom stereocenters. The molecule has 1 aliphatic heterocycles. The highest BCUT2D eigenvalue weighted by Crippen LogP contribution is 2.26. The van der Waals surface area contributed by atoms with Crippen molar-refractivity contribution in [2.45, 2.75) is 26.7 Å². The van der Waals surface area contributed by atoms with Crippen LogP contribution in [0.5, 0.6) is 0 Å². The second-order valence-corrected chi connectivity index (χ2v) is 7.88. The maximum atomic E-state index is 14.3. The summed E-state index contributed by atoms with van der Waals surface area (Å²) in [5, 5.41) is 0.359. The third kappa shape index (κ3) is 3.56. The molecule has 6 nitrogen and oxygen atoms in total. The van der Waals surface area contributed by atoms with Crippen molar-refractivity contribution in [3.05, 3.63) is 63.7 Å². The van der Waals surface area contributed by atoms with Gasteiger partial charge in [0.1, 0.15) is 5.82 Å². The van der Waals surface area contributed by atoms with Crippen molar-refractivity contribution in [3.63, 3.8) is 0 Å². The standard InChI is InChI=1S/C23H24FN3O3/c1-14-8-10-26(11-9-14)23-25-20-12-16(22(29)30-3)5-7-18(20)21(28)27(23)17-6-4-15(2)19(24)13-17/h4-7,12-14H,8-11H2,1-3H3. The first-order chi connectivity index (χ1) is 14.4. The zero-order valence-corrected chi connectivity index (χ0v) is 17.3. The van der Waals surface area contributed by atoms with E-state index in [9.17, 15) is 14.0 Å². The van der Waals surface area contributed by atoms with E-state index in [1.54, 1.807) is 37.3 Å². The van der Waals surface area contributed by atoms with Crippen molar-refractivity contribution >= 4 is 22.8 Å². The van der Waals surface area contributed by atoms with E-state index >= 15 is 0 Å². The second kappa shape index (κ2) is 7.89. The molecule has 0 atom stereocenters. The van der Waals surface area contributed by atoms with Gasteiger partial charge in [0.25, 0.3) is 5.56 Å². The Morgan fingerprint density at radius 2 is 1.90 bits per heavy atom. The molecule has 2 aromatic carbocycles. The molecule has 1 saturated heterocycles. The number of carbonyl (C=O) groups excluding carboxylic acids is 1. The van der Waals surface area contributed by atoms with Crippen LogP contribution >= 0.6 is 0 Å². The van der Waals surface area contributed by atoms with Crippen LogP contribution in [-0.2, 0) is 4.74 Å². The quantitative estimate of drug-likeness (QED) is 0.615. The number of aromatic nitrogens is 2. The van der Waals surface area contributed by atoms with Crippen LogP contribution in [0.15, 0.2) is 41.2 Å². The Kier molecular flexibility index (Phi) is 5.28. The molecule has 0 radical (unpaired) electrons. The predicted molar refractivity (Wildman–Crippen MR) is 114 cm³/mol. The van der Waals surface area contributed by atoms with Gasteiger partial charge >= 0.3 is 5.97 Å². The molecule has 0 aliphatic carbocycles. The summed E-state index contributed by atoms with van der Waals surface area (Å²) in [6, 6.07) is 9.43. The molecule has 3 aromatic rings. The average Bonchev–Trinajstić information content (AvgIpc) is 2.75. The molecule has 2 heterocycles. The van der Waals surface area contributed by atoms with Crippen LogP contribution in [0.2, 0.25) is 0 Å². The third-order valence-corrected chi connectivity index (χ3v) is 5.75. The van der Waals surface area contributed by atoms with Crippen LogP contribution in [-0.4, -0.2) is 35.7 Å². The largest absolute Gasteiger partial charge is 0.465 e. The van der Waals surface area contributed by atoms with Crippen molar-refractivity contribution in [2.75, 3.05) is 25.1 Å². The number of nitrogens with zero attached hydrogens (tertiary/aromatic N) is 3. The summed E-state index contributed by atoms with van der Waals surface area (Å²) in [6.07, 6.45) is 1.97. The molecule has 1 fully saturated rings. The number of halogens is 1. The molecule has 7 heteroatoms. The summed E-state index contributed by atoms with van der Waals surface area (Å²) in [4.78, 5) is 32.2. The molecule has 1 aromatic heterocycles. The van der Waals surface area contributed by atoms with Gasteiger partial charge in [-0.15, -0.1) is 0 Å². The summed E-state index contributed by atoms with van der Waals surface area (Å²) in [5.41, 5.74) is 1.39. The lowest BCUT2D eigenvalue weighted by molar-refractivity contribution is 0.0601. The Morgan fingerprint density at radius 3 is 2.57 bits per heavy atom. The normalized spacial score (nSPS) is 14.9. The number of rotatable bonds is 3. The van der Waals surface area contributed by atoms with E-state index < -0.39 is 5.97 Å². The van der Waals surface area contributed by atoms with E-state index in [0.717, 1.165) is 25.9 Å². The third-order valence-electron chi connectivity index (χ3n) is 5.75. The highest BCUT2D eigenvalue weighted by molar-refractivity contribution is 5.94. The van der Waals surface area contributed by atoms with E-state index in [2.05, 4.69) is 11.8 Å². The fourth-order valence-corrected chi connectivity index (χ4v) is 3.79. The number of methoxy groups -OCH3 is 1. The number of benzene rings is 2. The number of aryl methyl sites for hydroxylation is 1. The lowest BCUT2D eigenvalue weighted by Gasteiger charge is -2.32. The zero-order valence-electron chi connectivity index (χ0n) is 17.3. The van der Waals surface area contributed by atoms with Gasteiger partial charge in [-0.2, -0.15) is 0 Å². The number of carbonyl (C=O) groups is 1. The van der Waals surface area contributed by atoms with Crippen molar-refractivity contribution < 1.29 is 13.9 Å². The summed E-state index contributed by atoms with van der Waals surface area (Å²) < 4.78 is 20.6. The first-order valence-corrected chi connectivity index (χ1v) is 10.1. The Hall–Kier alpha value is -3.22. The number of piperidine rings is 1.